The largest absolute Gasteiger partial charge is 0.444 e. The summed E-state index contributed by atoms with van der Waals surface area (Å²) < 4.78 is 11.4. The smallest absolute Gasteiger partial charge is 0.410 e. The van der Waals surface area contributed by atoms with E-state index in [0.29, 0.717) is 20.6 Å². The van der Waals surface area contributed by atoms with E-state index in [0.717, 1.165) is 17.4 Å². The molecule has 0 saturated heterocycles. The lowest BCUT2D eigenvalue weighted by Crippen LogP contribution is -2.49. The van der Waals surface area contributed by atoms with Gasteiger partial charge in [-0.15, -0.1) is 0 Å². The molecule has 0 radical (unpaired) electrons. The molecule has 0 fully saturated rings. The Hall–Kier alpha value is -1.79. The molecule has 0 aliphatic carbocycles. The number of nitrogens with zero attached hydrogens (tertiary/aromatic N) is 1. The zero-order chi connectivity index (χ0) is 21.2. The van der Waals surface area contributed by atoms with Crippen LogP contribution in [-0.4, -0.2) is 53.5 Å². The van der Waals surface area contributed by atoms with Crippen molar-refractivity contribution in [3.63, 3.8) is 0 Å². The predicted octanol–water partition coefficient (Wildman–Crippen LogP) is 3.25. The highest BCUT2D eigenvalue weighted by Crippen LogP contribution is 2.25. The summed E-state index contributed by atoms with van der Waals surface area (Å²) in [5.74, 6) is 0. The summed E-state index contributed by atoms with van der Waals surface area (Å²) >= 11 is 0. The summed E-state index contributed by atoms with van der Waals surface area (Å²) in [7, 11) is 0.447. The monoisotopic (exact) mass is 387 g/mol. The molecule has 1 aliphatic heterocycles. The fraction of sp³-hybridized carbons (Fsp3) is 0.591. The van der Waals surface area contributed by atoms with Gasteiger partial charge in [0.1, 0.15) is 5.60 Å². The first-order valence-corrected chi connectivity index (χ1v) is 9.91. The van der Waals surface area contributed by atoms with Crippen LogP contribution in [0.2, 0.25) is 0 Å². The fourth-order valence-electron chi connectivity index (χ4n) is 2.68. The van der Waals surface area contributed by atoms with Crippen molar-refractivity contribution in [2.45, 2.75) is 71.7 Å². The molecule has 1 aromatic rings. The number of benzene rings is 1. The van der Waals surface area contributed by atoms with Crippen molar-refractivity contribution in [1.82, 2.24) is 4.90 Å². The number of rotatable bonds is 5. The second kappa shape index (κ2) is 8.30. The maximum Gasteiger partial charge on any atom is 0.410 e. The first kappa shape index (κ1) is 22.5. The van der Waals surface area contributed by atoms with Gasteiger partial charge in [-0.1, -0.05) is 35.8 Å². The number of hydrogen-bond acceptors (Lipinski definition) is 4. The average molecular weight is 387 g/mol. The first-order valence-electron chi connectivity index (χ1n) is 9.91. The maximum absolute atomic E-state index is 12.2. The number of carbonyl (C=O) groups is 1. The van der Waals surface area contributed by atoms with Gasteiger partial charge in [0.05, 0.1) is 11.2 Å². The Morgan fingerprint density at radius 3 is 2.14 bits per heavy atom. The second-order valence-corrected chi connectivity index (χ2v) is 9.46. The van der Waals surface area contributed by atoms with E-state index >= 15 is 0 Å². The standard InChI is InChI=1S/C22H34BNO4/c1-20(2,3)27-19(25)24-14-12-17(13-15-24)16-8-10-18(11-9-16)23-28-22(6,7)21(4,5)26/h8-12,23,26H,13-15H2,1-7H3. The number of ether oxygens (including phenoxy) is 1. The highest BCUT2D eigenvalue weighted by molar-refractivity contribution is 6.47. The molecule has 1 amide bonds. The van der Waals surface area contributed by atoms with Crippen LogP contribution in [0.15, 0.2) is 30.3 Å². The molecule has 154 valence electrons. The van der Waals surface area contributed by atoms with E-state index in [1.165, 1.54) is 5.57 Å². The summed E-state index contributed by atoms with van der Waals surface area (Å²) in [5, 5.41) is 10.2. The van der Waals surface area contributed by atoms with E-state index in [1.54, 1.807) is 18.7 Å². The van der Waals surface area contributed by atoms with Gasteiger partial charge in [0.25, 0.3) is 0 Å². The molecule has 2 rings (SSSR count). The van der Waals surface area contributed by atoms with Crippen molar-refractivity contribution >= 4 is 24.6 Å². The molecule has 1 aliphatic rings. The van der Waals surface area contributed by atoms with Gasteiger partial charge in [0.2, 0.25) is 0 Å². The van der Waals surface area contributed by atoms with Gasteiger partial charge < -0.3 is 19.4 Å². The second-order valence-electron chi connectivity index (χ2n) is 9.46. The molecule has 5 nitrogen and oxygen atoms in total. The SMILES string of the molecule is CC(C)(C)OC(=O)N1CC=C(c2ccc(BOC(C)(C)C(C)(C)O)cc2)CC1. The van der Waals surface area contributed by atoms with Crippen molar-refractivity contribution in [3.05, 3.63) is 35.9 Å². The quantitative estimate of drug-likeness (QED) is 0.788. The van der Waals surface area contributed by atoms with E-state index in [4.69, 9.17) is 9.39 Å². The maximum atomic E-state index is 12.2. The molecule has 1 heterocycles. The lowest BCUT2D eigenvalue weighted by molar-refractivity contribution is -0.0893. The molecule has 0 atom stereocenters. The van der Waals surface area contributed by atoms with Crippen LogP contribution in [0, 0.1) is 0 Å². The van der Waals surface area contributed by atoms with Crippen LogP contribution in [0.4, 0.5) is 4.79 Å². The minimum atomic E-state index is -0.917. The Morgan fingerprint density at radius 2 is 1.68 bits per heavy atom. The van der Waals surface area contributed by atoms with E-state index in [9.17, 15) is 9.90 Å². The van der Waals surface area contributed by atoms with Crippen molar-refractivity contribution in [3.8, 4) is 0 Å². The third kappa shape index (κ3) is 6.11. The summed E-state index contributed by atoms with van der Waals surface area (Å²) in [4.78, 5) is 13.9. The molecule has 0 saturated carbocycles. The Kier molecular flexibility index (Phi) is 6.67. The topological polar surface area (TPSA) is 59.0 Å². The van der Waals surface area contributed by atoms with Crippen LogP contribution < -0.4 is 5.46 Å². The molecule has 1 aromatic carbocycles. The van der Waals surface area contributed by atoms with Gasteiger partial charge >= 0.3 is 13.6 Å². The number of amides is 1. The van der Waals surface area contributed by atoms with Gasteiger partial charge in [-0.3, -0.25) is 0 Å². The van der Waals surface area contributed by atoms with Gasteiger partial charge in [0, 0.05) is 13.1 Å². The zero-order valence-electron chi connectivity index (χ0n) is 18.3. The summed E-state index contributed by atoms with van der Waals surface area (Å²) in [6.07, 6.45) is 2.64. The van der Waals surface area contributed by atoms with E-state index in [-0.39, 0.29) is 6.09 Å². The number of hydrogen-bond donors (Lipinski definition) is 1. The average Bonchev–Trinajstić information content (AvgIpc) is 2.58. The normalized spacial score (nSPS) is 15.9. The zero-order valence-corrected chi connectivity index (χ0v) is 18.3. The molecular weight excluding hydrogens is 353 g/mol. The first-order chi connectivity index (χ1) is 12.8. The summed E-state index contributed by atoms with van der Waals surface area (Å²) in [5.41, 5.74) is 1.44. The van der Waals surface area contributed by atoms with Crippen LogP contribution in [-0.2, 0) is 9.39 Å². The molecule has 0 spiro atoms. The Labute approximate surface area is 170 Å². The van der Waals surface area contributed by atoms with Crippen molar-refractivity contribution in [2.75, 3.05) is 13.1 Å². The molecule has 0 aromatic heterocycles. The minimum Gasteiger partial charge on any atom is -0.444 e. The van der Waals surface area contributed by atoms with Gasteiger partial charge in [-0.05, 0) is 66.0 Å². The van der Waals surface area contributed by atoms with Crippen molar-refractivity contribution in [2.24, 2.45) is 0 Å². The van der Waals surface area contributed by atoms with Gasteiger partial charge in [0.15, 0.2) is 0 Å². The minimum absolute atomic E-state index is 0.260. The van der Waals surface area contributed by atoms with E-state index in [1.807, 2.05) is 34.6 Å². The predicted molar refractivity (Wildman–Crippen MR) is 115 cm³/mol. The molecular formula is C22H34BNO4. The van der Waals surface area contributed by atoms with Crippen LogP contribution in [0.1, 0.15) is 60.5 Å². The highest BCUT2D eigenvalue weighted by Gasteiger charge is 2.35. The summed E-state index contributed by atoms with van der Waals surface area (Å²) in [6, 6.07) is 8.28. The Balaban J connectivity index is 1.95. The van der Waals surface area contributed by atoms with Crippen LogP contribution in [0.25, 0.3) is 5.57 Å². The molecule has 6 heteroatoms. The van der Waals surface area contributed by atoms with Gasteiger partial charge in [-0.2, -0.15) is 0 Å². The summed E-state index contributed by atoms with van der Waals surface area (Å²) in [6.45, 7) is 14.2. The lowest BCUT2D eigenvalue weighted by Gasteiger charge is -2.37. The number of aliphatic hydroxyl groups is 1. The van der Waals surface area contributed by atoms with Crippen molar-refractivity contribution < 1.29 is 19.3 Å². The third-order valence-electron chi connectivity index (χ3n) is 5.26. The lowest BCUT2D eigenvalue weighted by atomic mass is 9.82. The van der Waals surface area contributed by atoms with Crippen LogP contribution >= 0.6 is 0 Å². The molecule has 0 unspecified atom stereocenters. The van der Waals surface area contributed by atoms with Crippen LogP contribution in [0.3, 0.4) is 0 Å². The van der Waals surface area contributed by atoms with E-state index in [2.05, 4.69) is 30.3 Å². The molecule has 28 heavy (non-hydrogen) atoms. The van der Waals surface area contributed by atoms with Crippen LogP contribution in [0.5, 0.6) is 0 Å². The molecule has 1 N–H and O–H groups in total. The Morgan fingerprint density at radius 1 is 1.07 bits per heavy atom. The Bertz CT molecular complexity index is 712. The van der Waals surface area contributed by atoms with Gasteiger partial charge in [-0.25, -0.2) is 4.79 Å². The number of carbonyl (C=O) groups excluding carboxylic acids is 1. The highest BCUT2D eigenvalue weighted by atomic mass is 16.6. The molecule has 0 bridgehead atoms. The third-order valence-corrected chi connectivity index (χ3v) is 5.26. The fourth-order valence-corrected chi connectivity index (χ4v) is 2.68. The van der Waals surface area contributed by atoms with Crippen molar-refractivity contribution in [1.29, 1.82) is 0 Å². The van der Waals surface area contributed by atoms with E-state index < -0.39 is 16.8 Å².